The highest BCUT2D eigenvalue weighted by Gasteiger charge is 2.06. The number of benzene rings is 1. The second kappa shape index (κ2) is 5.27. The summed E-state index contributed by atoms with van der Waals surface area (Å²) in [7, 11) is 0. The van der Waals surface area contributed by atoms with Gasteiger partial charge in [-0.3, -0.25) is 0 Å². The fourth-order valence-electron chi connectivity index (χ4n) is 1.58. The minimum atomic E-state index is 0.284. The second-order valence-corrected chi connectivity index (χ2v) is 3.82. The Balaban J connectivity index is 2.33. The van der Waals surface area contributed by atoms with Crippen LogP contribution >= 0.6 is 0 Å². The molecule has 0 aliphatic rings. The molecule has 92 valence electrons. The first-order valence-electron chi connectivity index (χ1n) is 5.45. The van der Waals surface area contributed by atoms with Gasteiger partial charge in [-0.2, -0.15) is 0 Å². The Labute approximate surface area is 105 Å². The first-order chi connectivity index (χ1) is 8.69. The average Bonchev–Trinajstić information content (AvgIpc) is 2.30. The normalized spacial score (nSPS) is 10.8. The van der Waals surface area contributed by atoms with E-state index in [0.717, 1.165) is 11.4 Å². The molecular weight excluding hydrogens is 230 g/mol. The molecule has 2 rings (SSSR count). The van der Waals surface area contributed by atoms with Crippen LogP contribution in [0.2, 0.25) is 0 Å². The minimum Gasteiger partial charge on any atom is -0.424 e. The van der Waals surface area contributed by atoms with E-state index in [4.69, 9.17) is 9.94 Å². The molecule has 0 bridgehead atoms. The molecule has 0 aliphatic carbocycles. The highest BCUT2D eigenvalue weighted by Crippen LogP contribution is 2.21. The Bertz CT molecular complexity index is 562. The fourth-order valence-corrected chi connectivity index (χ4v) is 1.58. The third kappa shape index (κ3) is 2.82. The predicted molar refractivity (Wildman–Crippen MR) is 67.4 cm³/mol. The van der Waals surface area contributed by atoms with E-state index >= 15 is 0 Å². The molecule has 0 spiro atoms. The standard InChI is InChI=1S/C13H13N3O2/c1-9-7-10(2)16-13(15-9)18-12-6-4-3-5-11(12)8-14-17/h3-8,17H,1-2H3/b14-8-. The van der Waals surface area contributed by atoms with Crippen molar-refractivity contribution in [3.63, 3.8) is 0 Å². The molecule has 0 saturated carbocycles. The van der Waals surface area contributed by atoms with E-state index in [1.165, 1.54) is 6.21 Å². The molecule has 5 heteroatoms. The fraction of sp³-hybridized carbons (Fsp3) is 0.154. The number of nitrogens with zero attached hydrogens (tertiary/aromatic N) is 3. The number of rotatable bonds is 3. The summed E-state index contributed by atoms with van der Waals surface area (Å²) < 4.78 is 5.60. The van der Waals surface area contributed by atoms with E-state index in [-0.39, 0.29) is 6.01 Å². The van der Waals surface area contributed by atoms with E-state index in [0.29, 0.717) is 11.3 Å². The zero-order valence-electron chi connectivity index (χ0n) is 10.2. The van der Waals surface area contributed by atoms with Crippen LogP contribution in [0.25, 0.3) is 0 Å². The van der Waals surface area contributed by atoms with Gasteiger partial charge in [0.15, 0.2) is 0 Å². The van der Waals surface area contributed by atoms with Crippen LogP contribution in [0.4, 0.5) is 0 Å². The molecule has 1 N–H and O–H groups in total. The first-order valence-corrected chi connectivity index (χ1v) is 5.45. The smallest absolute Gasteiger partial charge is 0.322 e. The number of ether oxygens (including phenoxy) is 1. The molecule has 5 nitrogen and oxygen atoms in total. The molecule has 2 aromatic rings. The molecule has 1 heterocycles. The Hall–Kier alpha value is -2.43. The minimum absolute atomic E-state index is 0.284. The van der Waals surface area contributed by atoms with Gasteiger partial charge in [0.25, 0.3) is 0 Å². The summed E-state index contributed by atoms with van der Waals surface area (Å²) >= 11 is 0. The van der Waals surface area contributed by atoms with Crippen LogP contribution in [0, 0.1) is 13.8 Å². The molecule has 1 aromatic heterocycles. The van der Waals surface area contributed by atoms with Crippen molar-refractivity contribution in [1.82, 2.24) is 9.97 Å². The van der Waals surface area contributed by atoms with Crippen LogP contribution in [-0.4, -0.2) is 21.4 Å². The van der Waals surface area contributed by atoms with Gasteiger partial charge < -0.3 is 9.94 Å². The van der Waals surface area contributed by atoms with Crippen LogP contribution in [0.15, 0.2) is 35.5 Å². The van der Waals surface area contributed by atoms with Gasteiger partial charge in [0.05, 0.1) is 6.21 Å². The van der Waals surface area contributed by atoms with Crippen molar-refractivity contribution in [2.75, 3.05) is 0 Å². The van der Waals surface area contributed by atoms with Gasteiger partial charge in [0.2, 0.25) is 0 Å². The van der Waals surface area contributed by atoms with E-state index < -0.39 is 0 Å². The molecule has 0 fully saturated rings. The van der Waals surface area contributed by atoms with Crippen molar-refractivity contribution < 1.29 is 9.94 Å². The Morgan fingerprint density at radius 3 is 2.50 bits per heavy atom. The lowest BCUT2D eigenvalue weighted by molar-refractivity contribution is 0.321. The molecule has 0 amide bonds. The van der Waals surface area contributed by atoms with Gasteiger partial charge in [-0.05, 0) is 32.0 Å². The summed E-state index contributed by atoms with van der Waals surface area (Å²) in [6, 6.07) is 9.34. The number of para-hydroxylation sites is 1. The number of hydrogen-bond acceptors (Lipinski definition) is 5. The summed E-state index contributed by atoms with van der Waals surface area (Å²) in [6.07, 6.45) is 1.30. The van der Waals surface area contributed by atoms with Crippen molar-refractivity contribution in [2.24, 2.45) is 5.16 Å². The number of hydrogen-bond donors (Lipinski definition) is 1. The lowest BCUT2D eigenvalue weighted by Gasteiger charge is -2.07. The van der Waals surface area contributed by atoms with Gasteiger partial charge in [-0.1, -0.05) is 17.3 Å². The largest absolute Gasteiger partial charge is 0.424 e. The topological polar surface area (TPSA) is 67.6 Å². The van der Waals surface area contributed by atoms with Crippen LogP contribution in [0.1, 0.15) is 17.0 Å². The van der Waals surface area contributed by atoms with Gasteiger partial charge in [0.1, 0.15) is 5.75 Å². The summed E-state index contributed by atoms with van der Waals surface area (Å²) in [5.74, 6) is 0.542. The predicted octanol–water partition coefficient (Wildman–Crippen LogP) is 2.69. The molecule has 1 aromatic carbocycles. The van der Waals surface area contributed by atoms with Gasteiger partial charge in [0, 0.05) is 17.0 Å². The molecule has 0 aliphatic heterocycles. The summed E-state index contributed by atoms with van der Waals surface area (Å²) in [6.45, 7) is 3.76. The quantitative estimate of drug-likeness (QED) is 0.511. The lowest BCUT2D eigenvalue weighted by atomic mass is 10.2. The maximum absolute atomic E-state index is 8.58. The van der Waals surface area contributed by atoms with E-state index in [9.17, 15) is 0 Å². The Kier molecular flexibility index (Phi) is 3.52. The Morgan fingerprint density at radius 1 is 1.17 bits per heavy atom. The third-order valence-electron chi connectivity index (χ3n) is 2.28. The zero-order valence-corrected chi connectivity index (χ0v) is 10.2. The summed E-state index contributed by atoms with van der Waals surface area (Å²) in [5.41, 5.74) is 2.33. The SMILES string of the molecule is Cc1cc(C)nc(Oc2ccccc2/C=N\O)n1. The third-order valence-corrected chi connectivity index (χ3v) is 2.28. The van der Waals surface area contributed by atoms with Crippen LogP contribution in [0.5, 0.6) is 11.8 Å². The zero-order chi connectivity index (χ0) is 13.0. The van der Waals surface area contributed by atoms with Crippen molar-refractivity contribution in [3.05, 3.63) is 47.3 Å². The lowest BCUT2D eigenvalue weighted by Crippen LogP contribution is -1.97. The number of aryl methyl sites for hydroxylation is 2. The van der Waals surface area contributed by atoms with Crippen molar-refractivity contribution in [3.8, 4) is 11.8 Å². The van der Waals surface area contributed by atoms with Crippen molar-refractivity contribution >= 4 is 6.21 Å². The van der Waals surface area contributed by atoms with Crippen LogP contribution in [0.3, 0.4) is 0 Å². The highest BCUT2D eigenvalue weighted by molar-refractivity contribution is 5.83. The first kappa shape index (κ1) is 12.0. The van der Waals surface area contributed by atoms with E-state index in [2.05, 4.69) is 15.1 Å². The highest BCUT2D eigenvalue weighted by atomic mass is 16.5. The second-order valence-electron chi connectivity index (χ2n) is 3.82. The van der Waals surface area contributed by atoms with E-state index in [1.807, 2.05) is 32.0 Å². The molecule has 0 radical (unpaired) electrons. The van der Waals surface area contributed by atoms with Crippen molar-refractivity contribution in [2.45, 2.75) is 13.8 Å². The average molecular weight is 243 g/mol. The molecule has 18 heavy (non-hydrogen) atoms. The number of aromatic nitrogens is 2. The van der Waals surface area contributed by atoms with Crippen LogP contribution < -0.4 is 4.74 Å². The monoisotopic (exact) mass is 243 g/mol. The molecule has 0 atom stereocenters. The maximum Gasteiger partial charge on any atom is 0.322 e. The maximum atomic E-state index is 8.58. The van der Waals surface area contributed by atoms with Gasteiger partial charge in [-0.25, -0.2) is 9.97 Å². The number of oxime groups is 1. The van der Waals surface area contributed by atoms with E-state index in [1.54, 1.807) is 12.1 Å². The van der Waals surface area contributed by atoms with Gasteiger partial charge in [-0.15, -0.1) is 0 Å². The van der Waals surface area contributed by atoms with Crippen LogP contribution in [-0.2, 0) is 0 Å². The van der Waals surface area contributed by atoms with Gasteiger partial charge >= 0.3 is 6.01 Å². The molecule has 0 saturated heterocycles. The molecule has 0 unspecified atom stereocenters. The van der Waals surface area contributed by atoms with Crippen molar-refractivity contribution in [1.29, 1.82) is 0 Å². The summed E-state index contributed by atoms with van der Waals surface area (Å²) in [4.78, 5) is 8.38. The summed E-state index contributed by atoms with van der Waals surface area (Å²) in [5, 5.41) is 11.6. The Morgan fingerprint density at radius 2 is 1.83 bits per heavy atom. The molecular formula is C13H13N3O2.